The molecule has 0 aliphatic carbocycles. The molecule has 0 N–H and O–H groups in total. The fourth-order valence-electron chi connectivity index (χ4n) is 1.50. The highest BCUT2D eigenvalue weighted by atomic mass is 35.5. The van der Waals surface area contributed by atoms with E-state index in [2.05, 4.69) is 36.1 Å². The lowest BCUT2D eigenvalue weighted by atomic mass is 10.2. The molecule has 3 heteroatoms. The van der Waals surface area contributed by atoms with E-state index in [1.807, 2.05) is 13.0 Å². The Morgan fingerprint density at radius 1 is 1.27 bits per heavy atom. The van der Waals surface area contributed by atoms with Crippen LogP contribution >= 0.6 is 24.0 Å². The van der Waals surface area contributed by atoms with Gasteiger partial charge in [-0.2, -0.15) is 0 Å². The van der Waals surface area contributed by atoms with Gasteiger partial charge < -0.3 is 0 Å². The minimum Gasteiger partial charge on any atom is -0.298 e. The van der Waals surface area contributed by atoms with Crippen LogP contribution in [0.1, 0.15) is 19.4 Å². The van der Waals surface area contributed by atoms with Gasteiger partial charge in [-0.25, -0.2) is 0 Å². The van der Waals surface area contributed by atoms with Crippen LogP contribution in [0, 0.1) is 0 Å². The van der Waals surface area contributed by atoms with Crippen molar-refractivity contribution in [1.82, 2.24) is 4.90 Å². The van der Waals surface area contributed by atoms with Gasteiger partial charge in [0.25, 0.3) is 0 Å². The van der Waals surface area contributed by atoms with E-state index in [0.29, 0.717) is 0 Å². The number of nitrogens with zero attached hydrogens (tertiary/aromatic N) is 1. The monoisotopic (exact) mass is 247 g/mol. The van der Waals surface area contributed by atoms with Crippen molar-refractivity contribution in [1.29, 1.82) is 0 Å². The minimum atomic E-state index is 0. The molecule has 0 aromatic heterocycles. The predicted octanol–water partition coefficient (Wildman–Crippen LogP) is 3.56. The first-order chi connectivity index (χ1) is 6.72. The molecular formula is C12H19Cl2N. The molecule has 0 aliphatic rings. The zero-order valence-electron chi connectivity index (χ0n) is 9.32. The molecule has 1 atom stereocenters. The maximum absolute atomic E-state index is 5.98. The van der Waals surface area contributed by atoms with Gasteiger partial charge in [0.1, 0.15) is 0 Å². The summed E-state index contributed by atoms with van der Waals surface area (Å²) in [7, 11) is 0. The van der Waals surface area contributed by atoms with Crippen LogP contribution in [0.2, 0.25) is 0 Å². The number of alkyl halides is 1. The average molecular weight is 248 g/mol. The molecule has 0 heterocycles. The van der Waals surface area contributed by atoms with Crippen LogP contribution in [-0.2, 0) is 6.54 Å². The van der Waals surface area contributed by atoms with E-state index in [1.54, 1.807) is 0 Å². The molecule has 1 nitrogen and oxygen atoms in total. The molecule has 0 amide bonds. The number of rotatable bonds is 5. The molecule has 15 heavy (non-hydrogen) atoms. The largest absolute Gasteiger partial charge is 0.298 e. The maximum atomic E-state index is 5.98. The summed E-state index contributed by atoms with van der Waals surface area (Å²) in [5.74, 6) is 0. The molecule has 0 bridgehead atoms. The predicted molar refractivity (Wildman–Crippen MR) is 70.0 cm³/mol. The van der Waals surface area contributed by atoms with Crippen molar-refractivity contribution >= 4 is 24.0 Å². The van der Waals surface area contributed by atoms with E-state index in [9.17, 15) is 0 Å². The Morgan fingerprint density at radius 3 is 2.33 bits per heavy atom. The Labute approximate surface area is 104 Å². The van der Waals surface area contributed by atoms with E-state index >= 15 is 0 Å². The van der Waals surface area contributed by atoms with Crippen molar-refractivity contribution in [3.8, 4) is 0 Å². The van der Waals surface area contributed by atoms with Crippen molar-refractivity contribution < 1.29 is 0 Å². The summed E-state index contributed by atoms with van der Waals surface area (Å²) in [4.78, 5) is 2.35. The summed E-state index contributed by atoms with van der Waals surface area (Å²) in [6, 6.07) is 10.5. The normalized spacial score (nSPS) is 12.3. The van der Waals surface area contributed by atoms with Gasteiger partial charge in [0.15, 0.2) is 0 Å². The summed E-state index contributed by atoms with van der Waals surface area (Å²) in [5.41, 5.74) is 1.35. The van der Waals surface area contributed by atoms with Gasteiger partial charge in [-0.3, -0.25) is 4.90 Å². The third kappa shape index (κ3) is 6.03. The zero-order valence-corrected chi connectivity index (χ0v) is 10.9. The van der Waals surface area contributed by atoms with Crippen molar-refractivity contribution in [2.75, 3.05) is 13.1 Å². The molecular weight excluding hydrogens is 229 g/mol. The molecule has 0 radical (unpaired) electrons. The Bertz CT molecular complexity index is 249. The molecule has 0 saturated carbocycles. The smallest absolute Gasteiger partial charge is 0.0435 e. The molecule has 1 aromatic rings. The number of hydrogen-bond acceptors (Lipinski definition) is 1. The van der Waals surface area contributed by atoms with Crippen LogP contribution < -0.4 is 0 Å². The summed E-state index contributed by atoms with van der Waals surface area (Å²) in [6.45, 7) is 7.20. The van der Waals surface area contributed by atoms with Crippen LogP contribution in [0.15, 0.2) is 30.3 Å². The molecule has 1 unspecified atom stereocenters. The standard InChI is InChI=1S/C12H18ClN.ClH/c1-3-14(9-11(2)13)10-12-7-5-4-6-8-12;/h4-8,11H,3,9-10H2,1-2H3;1H. The van der Waals surface area contributed by atoms with E-state index in [1.165, 1.54) is 5.56 Å². The summed E-state index contributed by atoms with van der Waals surface area (Å²) in [6.07, 6.45) is 0. The first kappa shape index (κ1) is 14.8. The van der Waals surface area contributed by atoms with Crippen molar-refractivity contribution in [3.05, 3.63) is 35.9 Å². The topological polar surface area (TPSA) is 3.24 Å². The Morgan fingerprint density at radius 2 is 1.87 bits per heavy atom. The highest BCUT2D eigenvalue weighted by Crippen LogP contribution is 2.06. The van der Waals surface area contributed by atoms with Gasteiger partial charge >= 0.3 is 0 Å². The Kier molecular flexibility index (Phi) is 7.85. The van der Waals surface area contributed by atoms with Crippen LogP contribution in [-0.4, -0.2) is 23.4 Å². The van der Waals surface area contributed by atoms with Gasteiger partial charge in [-0.05, 0) is 19.0 Å². The summed E-state index contributed by atoms with van der Waals surface area (Å²) >= 11 is 5.98. The summed E-state index contributed by atoms with van der Waals surface area (Å²) in [5, 5.41) is 0.221. The van der Waals surface area contributed by atoms with Gasteiger partial charge in [0.2, 0.25) is 0 Å². The van der Waals surface area contributed by atoms with Gasteiger partial charge in [-0.15, -0.1) is 24.0 Å². The lowest BCUT2D eigenvalue weighted by Gasteiger charge is -2.21. The molecule has 0 spiro atoms. The van der Waals surface area contributed by atoms with E-state index in [0.717, 1.165) is 19.6 Å². The molecule has 0 aliphatic heterocycles. The quantitative estimate of drug-likeness (QED) is 0.720. The van der Waals surface area contributed by atoms with Crippen molar-refractivity contribution in [2.45, 2.75) is 25.8 Å². The van der Waals surface area contributed by atoms with Gasteiger partial charge in [-0.1, -0.05) is 37.3 Å². The first-order valence-electron chi connectivity index (χ1n) is 5.12. The molecule has 1 rings (SSSR count). The highest BCUT2D eigenvalue weighted by molar-refractivity contribution is 6.20. The minimum absolute atomic E-state index is 0. The van der Waals surface area contributed by atoms with Crippen LogP contribution in [0.25, 0.3) is 0 Å². The van der Waals surface area contributed by atoms with Crippen molar-refractivity contribution in [3.63, 3.8) is 0 Å². The van der Waals surface area contributed by atoms with Crippen LogP contribution in [0.3, 0.4) is 0 Å². The Balaban J connectivity index is 0.00000196. The second-order valence-electron chi connectivity index (χ2n) is 3.59. The zero-order chi connectivity index (χ0) is 10.4. The number of hydrogen-bond donors (Lipinski definition) is 0. The van der Waals surface area contributed by atoms with E-state index in [4.69, 9.17) is 11.6 Å². The fraction of sp³-hybridized carbons (Fsp3) is 0.500. The molecule has 86 valence electrons. The average Bonchev–Trinajstić information content (AvgIpc) is 2.17. The first-order valence-corrected chi connectivity index (χ1v) is 5.56. The molecule has 0 saturated heterocycles. The van der Waals surface area contributed by atoms with Crippen LogP contribution in [0.5, 0.6) is 0 Å². The Hall–Kier alpha value is -0.240. The molecule has 1 aromatic carbocycles. The van der Waals surface area contributed by atoms with Gasteiger partial charge in [0, 0.05) is 18.5 Å². The highest BCUT2D eigenvalue weighted by Gasteiger charge is 2.06. The summed E-state index contributed by atoms with van der Waals surface area (Å²) < 4.78 is 0. The van der Waals surface area contributed by atoms with E-state index in [-0.39, 0.29) is 17.8 Å². The van der Waals surface area contributed by atoms with Gasteiger partial charge in [0.05, 0.1) is 0 Å². The molecule has 0 fully saturated rings. The maximum Gasteiger partial charge on any atom is 0.0435 e. The third-order valence-corrected chi connectivity index (χ3v) is 2.34. The number of halogens is 2. The second-order valence-corrected chi connectivity index (χ2v) is 4.34. The lowest BCUT2D eigenvalue weighted by Crippen LogP contribution is -2.28. The van der Waals surface area contributed by atoms with Crippen molar-refractivity contribution in [2.24, 2.45) is 0 Å². The lowest BCUT2D eigenvalue weighted by molar-refractivity contribution is 0.283. The SMILES string of the molecule is CCN(Cc1ccccc1)CC(C)Cl.Cl. The fourth-order valence-corrected chi connectivity index (χ4v) is 1.70. The van der Waals surface area contributed by atoms with E-state index < -0.39 is 0 Å². The van der Waals surface area contributed by atoms with Crippen LogP contribution in [0.4, 0.5) is 0 Å². The second kappa shape index (κ2) is 7.98. The number of benzene rings is 1. The third-order valence-electron chi connectivity index (χ3n) is 2.21.